The number of methoxy groups -OCH3 is 2. The fraction of sp³-hybridized carbons (Fsp3) is 0.143. The molecule has 0 amide bonds. The first-order valence-electron chi connectivity index (χ1n) is 5.37. The Balaban J connectivity index is 2.48. The average molecular weight is 240 g/mol. The van der Waals surface area contributed by atoms with Gasteiger partial charge in [-0.15, -0.1) is 0 Å². The van der Waals surface area contributed by atoms with Gasteiger partial charge in [-0.25, -0.2) is 4.98 Å². The van der Waals surface area contributed by atoms with E-state index in [1.807, 2.05) is 30.3 Å². The number of benzene rings is 1. The quantitative estimate of drug-likeness (QED) is 0.827. The van der Waals surface area contributed by atoms with Gasteiger partial charge in [0, 0.05) is 6.20 Å². The Bertz CT molecular complexity index is 603. The lowest BCUT2D eigenvalue weighted by molar-refractivity contribution is 0.355. The number of hydrogen-bond donors (Lipinski definition) is 0. The van der Waals surface area contributed by atoms with E-state index in [2.05, 4.69) is 4.98 Å². The van der Waals surface area contributed by atoms with E-state index < -0.39 is 0 Å². The van der Waals surface area contributed by atoms with Gasteiger partial charge in [0.1, 0.15) is 11.8 Å². The molecule has 2 aromatic rings. The van der Waals surface area contributed by atoms with Gasteiger partial charge in [0.05, 0.1) is 14.2 Å². The Kier molecular flexibility index (Phi) is 3.44. The molecule has 0 saturated carbocycles. The summed E-state index contributed by atoms with van der Waals surface area (Å²) in [5, 5.41) is 8.83. The van der Waals surface area contributed by atoms with Gasteiger partial charge in [0.15, 0.2) is 11.5 Å². The average Bonchev–Trinajstić information content (AvgIpc) is 2.46. The molecule has 0 unspecified atom stereocenters. The van der Waals surface area contributed by atoms with Crippen LogP contribution in [0, 0.1) is 11.3 Å². The maximum absolute atomic E-state index is 8.83. The van der Waals surface area contributed by atoms with Gasteiger partial charge in [-0.2, -0.15) is 5.26 Å². The predicted octanol–water partition coefficient (Wildman–Crippen LogP) is 2.64. The van der Waals surface area contributed by atoms with E-state index in [0.717, 1.165) is 11.1 Å². The first-order valence-corrected chi connectivity index (χ1v) is 5.37. The number of pyridine rings is 1. The van der Waals surface area contributed by atoms with Gasteiger partial charge in [0.2, 0.25) is 0 Å². The molecule has 0 N–H and O–H groups in total. The molecular formula is C14H12N2O2. The molecule has 0 spiro atoms. The molecular weight excluding hydrogens is 228 g/mol. The van der Waals surface area contributed by atoms with Crippen molar-refractivity contribution >= 4 is 0 Å². The predicted molar refractivity (Wildman–Crippen MR) is 67.5 cm³/mol. The van der Waals surface area contributed by atoms with Crippen molar-refractivity contribution in [3.8, 4) is 28.7 Å². The van der Waals surface area contributed by atoms with Gasteiger partial charge < -0.3 is 9.47 Å². The molecule has 0 saturated heterocycles. The summed E-state index contributed by atoms with van der Waals surface area (Å²) in [4.78, 5) is 3.94. The minimum atomic E-state index is 0.391. The zero-order valence-electron chi connectivity index (χ0n) is 10.2. The molecule has 0 radical (unpaired) electrons. The van der Waals surface area contributed by atoms with Crippen molar-refractivity contribution in [1.29, 1.82) is 5.26 Å². The van der Waals surface area contributed by atoms with Crippen LogP contribution in [0.2, 0.25) is 0 Å². The second kappa shape index (κ2) is 5.19. The summed E-state index contributed by atoms with van der Waals surface area (Å²) in [7, 11) is 3.19. The normalized spacial score (nSPS) is 9.61. The number of nitriles is 1. The molecule has 4 heteroatoms. The summed E-state index contributed by atoms with van der Waals surface area (Å²) in [5.74, 6) is 1.33. The largest absolute Gasteiger partial charge is 0.493 e. The molecule has 0 bridgehead atoms. The first kappa shape index (κ1) is 11.9. The van der Waals surface area contributed by atoms with Crippen LogP contribution in [0.3, 0.4) is 0 Å². The Morgan fingerprint density at radius 2 is 1.72 bits per heavy atom. The van der Waals surface area contributed by atoms with Crippen LogP contribution < -0.4 is 9.47 Å². The highest BCUT2D eigenvalue weighted by Crippen LogP contribution is 2.32. The second-order valence-corrected chi connectivity index (χ2v) is 3.61. The number of aromatic nitrogens is 1. The van der Waals surface area contributed by atoms with E-state index in [1.54, 1.807) is 26.5 Å². The fourth-order valence-electron chi connectivity index (χ4n) is 1.69. The highest BCUT2D eigenvalue weighted by molar-refractivity contribution is 5.67. The Morgan fingerprint density at radius 3 is 2.39 bits per heavy atom. The van der Waals surface area contributed by atoms with Gasteiger partial charge in [-0.05, 0) is 35.4 Å². The molecule has 90 valence electrons. The molecule has 1 aromatic carbocycles. The van der Waals surface area contributed by atoms with Crippen molar-refractivity contribution in [1.82, 2.24) is 4.98 Å². The molecule has 18 heavy (non-hydrogen) atoms. The molecule has 0 aliphatic rings. The Hall–Kier alpha value is -2.54. The van der Waals surface area contributed by atoms with Crippen LogP contribution in [0.25, 0.3) is 11.1 Å². The van der Waals surface area contributed by atoms with Crippen LogP contribution >= 0.6 is 0 Å². The molecule has 4 nitrogen and oxygen atoms in total. The second-order valence-electron chi connectivity index (χ2n) is 3.61. The Morgan fingerprint density at radius 1 is 1.00 bits per heavy atom. The van der Waals surface area contributed by atoms with E-state index >= 15 is 0 Å². The van der Waals surface area contributed by atoms with Crippen LogP contribution in [-0.4, -0.2) is 19.2 Å². The van der Waals surface area contributed by atoms with Gasteiger partial charge in [-0.3, -0.25) is 0 Å². The molecule has 0 atom stereocenters. The van der Waals surface area contributed by atoms with E-state index in [1.165, 1.54) is 0 Å². The highest BCUT2D eigenvalue weighted by atomic mass is 16.5. The van der Waals surface area contributed by atoms with Gasteiger partial charge in [-0.1, -0.05) is 6.07 Å². The summed E-state index contributed by atoms with van der Waals surface area (Å²) in [6, 6.07) is 11.2. The van der Waals surface area contributed by atoms with E-state index in [4.69, 9.17) is 14.7 Å². The minimum absolute atomic E-state index is 0.391. The maximum Gasteiger partial charge on any atom is 0.161 e. The standard InChI is InChI=1S/C14H12N2O2/c1-17-13-4-3-10(8-14(13)18-2)11-5-6-16-12(7-11)9-15/h3-8H,1-2H3. The van der Waals surface area contributed by atoms with Gasteiger partial charge >= 0.3 is 0 Å². The third kappa shape index (κ3) is 2.25. The number of rotatable bonds is 3. The lowest BCUT2D eigenvalue weighted by Crippen LogP contribution is -1.91. The lowest BCUT2D eigenvalue weighted by Gasteiger charge is -2.09. The summed E-state index contributed by atoms with van der Waals surface area (Å²) >= 11 is 0. The Labute approximate surface area is 105 Å². The third-order valence-corrected chi connectivity index (χ3v) is 2.59. The fourth-order valence-corrected chi connectivity index (χ4v) is 1.69. The molecule has 2 rings (SSSR count). The summed E-state index contributed by atoms with van der Waals surface area (Å²) in [6.07, 6.45) is 1.62. The van der Waals surface area contributed by atoms with Crippen molar-refractivity contribution in [3.05, 3.63) is 42.2 Å². The lowest BCUT2D eigenvalue weighted by atomic mass is 10.1. The molecule has 0 aliphatic heterocycles. The monoisotopic (exact) mass is 240 g/mol. The van der Waals surface area contributed by atoms with E-state index in [-0.39, 0.29) is 0 Å². The van der Waals surface area contributed by atoms with Crippen LogP contribution in [0.4, 0.5) is 0 Å². The van der Waals surface area contributed by atoms with Crippen molar-refractivity contribution < 1.29 is 9.47 Å². The van der Waals surface area contributed by atoms with E-state index in [9.17, 15) is 0 Å². The van der Waals surface area contributed by atoms with Crippen LogP contribution in [-0.2, 0) is 0 Å². The summed E-state index contributed by atoms with van der Waals surface area (Å²) < 4.78 is 10.4. The van der Waals surface area contributed by atoms with Crippen LogP contribution in [0.1, 0.15) is 5.69 Å². The molecule has 1 aromatic heterocycles. The summed E-state index contributed by atoms with van der Waals surface area (Å²) in [5.41, 5.74) is 2.26. The number of ether oxygens (including phenoxy) is 2. The molecule has 1 heterocycles. The van der Waals surface area contributed by atoms with Gasteiger partial charge in [0.25, 0.3) is 0 Å². The topological polar surface area (TPSA) is 55.1 Å². The first-order chi connectivity index (χ1) is 8.78. The van der Waals surface area contributed by atoms with Crippen LogP contribution in [0.5, 0.6) is 11.5 Å². The summed E-state index contributed by atoms with van der Waals surface area (Å²) in [6.45, 7) is 0. The zero-order valence-corrected chi connectivity index (χ0v) is 10.2. The van der Waals surface area contributed by atoms with Crippen molar-refractivity contribution in [3.63, 3.8) is 0 Å². The third-order valence-electron chi connectivity index (χ3n) is 2.59. The smallest absolute Gasteiger partial charge is 0.161 e. The molecule has 0 fully saturated rings. The molecule has 0 aliphatic carbocycles. The maximum atomic E-state index is 8.83. The van der Waals surface area contributed by atoms with Crippen molar-refractivity contribution in [2.75, 3.05) is 14.2 Å². The highest BCUT2D eigenvalue weighted by Gasteiger charge is 2.06. The van der Waals surface area contributed by atoms with E-state index in [0.29, 0.717) is 17.2 Å². The SMILES string of the molecule is COc1ccc(-c2ccnc(C#N)c2)cc1OC. The van der Waals surface area contributed by atoms with Crippen molar-refractivity contribution in [2.24, 2.45) is 0 Å². The number of hydrogen-bond acceptors (Lipinski definition) is 4. The minimum Gasteiger partial charge on any atom is -0.493 e. The van der Waals surface area contributed by atoms with Crippen LogP contribution in [0.15, 0.2) is 36.5 Å². The zero-order chi connectivity index (χ0) is 13.0. The number of nitrogens with zero attached hydrogens (tertiary/aromatic N) is 2. The van der Waals surface area contributed by atoms with Crippen molar-refractivity contribution in [2.45, 2.75) is 0 Å².